The van der Waals surface area contributed by atoms with E-state index >= 15 is 0 Å². The van der Waals surface area contributed by atoms with Crippen molar-refractivity contribution < 1.29 is 14.6 Å². The molecule has 0 fully saturated rings. The molecule has 0 spiro atoms. The predicted molar refractivity (Wildman–Crippen MR) is 75.6 cm³/mol. The molecule has 1 rings (SSSR count). The van der Waals surface area contributed by atoms with Gasteiger partial charge in [0.05, 0.1) is 12.7 Å². The highest BCUT2D eigenvalue weighted by Gasteiger charge is 2.07. The molecule has 0 radical (unpaired) electrons. The third-order valence-corrected chi connectivity index (χ3v) is 2.77. The van der Waals surface area contributed by atoms with Crippen LogP contribution >= 0.6 is 0 Å². The van der Waals surface area contributed by atoms with Crippen molar-refractivity contribution in [1.29, 1.82) is 0 Å². The van der Waals surface area contributed by atoms with Crippen LogP contribution in [0.15, 0.2) is 24.3 Å². The van der Waals surface area contributed by atoms with Crippen LogP contribution in [0.3, 0.4) is 0 Å². The maximum Gasteiger partial charge on any atom is 0.251 e. The topological polar surface area (TPSA) is 61.8 Å². The lowest BCUT2D eigenvalue weighted by atomic mass is 10.2. The number of nitrogens with zero attached hydrogens (tertiary/aromatic N) is 1. The summed E-state index contributed by atoms with van der Waals surface area (Å²) >= 11 is 0. The molecule has 1 aromatic rings. The van der Waals surface area contributed by atoms with Gasteiger partial charge in [0.25, 0.3) is 5.91 Å². The number of carbonyl (C=O) groups is 1. The number of hydrogen-bond acceptors (Lipinski definition) is 4. The Balaban J connectivity index is 2.41. The fourth-order valence-corrected chi connectivity index (χ4v) is 1.64. The Kier molecular flexibility index (Phi) is 6.32. The molecule has 5 heteroatoms. The summed E-state index contributed by atoms with van der Waals surface area (Å²) < 4.78 is 4.81. The number of aliphatic hydroxyl groups excluding tert-OH is 1. The first-order valence-electron chi connectivity index (χ1n) is 6.27. The van der Waals surface area contributed by atoms with Crippen molar-refractivity contribution in [2.24, 2.45) is 0 Å². The molecule has 0 aliphatic rings. The van der Waals surface area contributed by atoms with Crippen molar-refractivity contribution in [1.82, 2.24) is 5.32 Å². The molecular formula is C14H22N2O3. The number of benzene rings is 1. The number of methoxy groups -OCH3 is 1. The van der Waals surface area contributed by atoms with E-state index in [1.165, 1.54) is 7.11 Å². The minimum atomic E-state index is -0.540. The predicted octanol–water partition coefficient (Wildman–Crippen LogP) is 0.880. The minimum Gasteiger partial charge on any atom is -0.391 e. The van der Waals surface area contributed by atoms with Gasteiger partial charge in [0.1, 0.15) is 0 Å². The summed E-state index contributed by atoms with van der Waals surface area (Å²) in [6.45, 7) is 0.714. The third kappa shape index (κ3) is 5.28. The van der Waals surface area contributed by atoms with Crippen LogP contribution < -0.4 is 10.2 Å². The number of amides is 1. The molecule has 1 unspecified atom stereocenters. The first kappa shape index (κ1) is 15.5. The molecule has 0 saturated carbocycles. The van der Waals surface area contributed by atoms with Gasteiger partial charge in [0.2, 0.25) is 0 Å². The van der Waals surface area contributed by atoms with Gasteiger partial charge in [0.15, 0.2) is 0 Å². The van der Waals surface area contributed by atoms with Crippen molar-refractivity contribution in [3.63, 3.8) is 0 Å². The van der Waals surface area contributed by atoms with Crippen LogP contribution in [-0.4, -0.2) is 51.5 Å². The minimum absolute atomic E-state index is 0.130. The van der Waals surface area contributed by atoms with E-state index in [0.29, 0.717) is 18.5 Å². The molecule has 1 amide bonds. The molecule has 0 bridgehead atoms. The van der Waals surface area contributed by atoms with Gasteiger partial charge in [-0.3, -0.25) is 4.79 Å². The van der Waals surface area contributed by atoms with Gasteiger partial charge in [-0.25, -0.2) is 0 Å². The second kappa shape index (κ2) is 7.76. The Morgan fingerprint density at radius 1 is 1.37 bits per heavy atom. The zero-order chi connectivity index (χ0) is 14.3. The zero-order valence-corrected chi connectivity index (χ0v) is 11.7. The van der Waals surface area contributed by atoms with E-state index in [0.717, 1.165) is 5.69 Å². The number of hydrogen-bond donors (Lipinski definition) is 2. The van der Waals surface area contributed by atoms with Crippen LogP contribution in [0.25, 0.3) is 0 Å². The van der Waals surface area contributed by atoms with Gasteiger partial charge in [-0.2, -0.15) is 0 Å². The monoisotopic (exact) mass is 266 g/mol. The van der Waals surface area contributed by atoms with Crippen molar-refractivity contribution >= 4 is 11.6 Å². The van der Waals surface area contributed by atoms with E-state index < -0.39 is 6.10 Å². The smallest absolute Gasteiger partial charge is 0.251 e. The molecule has 106 valence electrons. The summed E-state index contributed by atoms with van der Waals surface area (Å²) in [7, 11) is 5.44. The molecule has 2 N–H and O–H groups in total. The number of rotatable bonds is 7. The van der Waals surface area contributed by atoms with Gasteiger partial charge in [0, 0.05) is 39.0 Å². The second-order valence-corrected chi connectivity index (χ2v) is 4.60. The Morgan fingerprint density at radius 3 is 2.53 bits per heavy atom. The molecular weight excluding hydrogens is 244 g/mol. The van der Waals surface area contributed by atoms with E-state index in [2.05, 4.69) is 5.32 Å². The first-order chi connectivity index (χ1) is 9.04. The standard InChI is InChI=1S/C14H22N2O3/c1-16(2)12-6-4-11(5-7-12)14(18)15-9-8-13(17)10-19-3/h4-7,13,17H,8-10H2,1-3H3,(H,15,18). The van der Waals surface area contributed by atoms with Crippen LogP contribution in [0, 0.1) is 0 Å². The quantitative estimate of drug-likeness (QED) is 0.769. The van der Waals surface area contributed by atoms with Crippen LogP contribution in [-0.2, 0) is 4.74 Å². The maximum absolute atomic E-state index is 11.8. The van der Waals surface area contributed by atoms with E-state index in [-0.39, 0.29) is 12.5 Å². The van der Waals surface area contributed by atoms with E-state index in [4.69, 9.17) is 4.74 Å². The van der Waals surface area contributed by atoms with Crippen LogP contribution in [0.2, 0.25) is 0 Å². The van der Waals surface area contributed by atoms with E-state index in [9.17, 15) is 9.90 Å². The van der Waals surface area contributed by atoms with Crippen LogP contribution in [0.5, 0.6) is 0 Å². The van der Waals surface area contributed by atoms with E-state index in [1.807, 2.05) is 31.1 Å². The fourth-order valence-electron chi connectivity index (χ4n) is 1.64. The summed E-state index contributed by atoms with van der Waals surface area (Å²) in [6.07, 6.45) is -0.0588. The summed E-state index contributed by atoms with van der Waals surface area (Å²) in [6, 6.07) is 7.37. The van der Waals surface area contributed by atoms with Gasteiger partial charge >= 0.3 is 0 Å². The Bertz CT molecular complexity index is 390. The van der Waals surface area contributed by atoms with Crippen LogP contribution in [0.4, 0.5) is 5.69 Å². The number of carbonyl (C=O) groups excluding carboxylic acids is 1. The zero-order valence-electron chi connectivity index (χ0n) is 11.7. The molecule has 0 saturated heterocycles. The SMILES string of the molecule is COCC(O)CCNC(=O)c1ccc(N(C)C)cc1. The van der Waals surface area contributed by atoms with Gasteiger partial charge in [-0.15, -0.1) is 0 Å². The Labute approximate surface area is 114 Å². The molecule has 0 aliphatic carbocycles. The normalized spacial score (nSPS) is 12.0. The van der Waals surface area contributed by atoms with Crippen molar-refractivity contribution in [2.45, 2.75) is 12.5 Å². The molecule has 5 nitrogen and oxygen atoms in total. The lowest BCUT2D eigenvalue weighted by Crippen LogP contribution is -2.28. The lowest BCUT2D eigenvalue weighted by molar-refractivity contribution is 0.0587. The van der Waals surface area contributed by atoms with Crippen molar-refractivity contribution in [3.8, 4) is 0 Å². The number of nitrogens with one attached hydrogen (secondary N) is 1. The molecule has 0 aromatic heterocycles. The molecule has 1 atom stereocenters. The number of ether oxygens (including phenoxy) is 1. The summed E-state index contributed by atoms with van der Waals surface area (Å²) in [5, 5.41) is 12.2. The van der Waals surface area contributed by atoms with Crippen LogP contribution in [0.1, 0.15) is 16.8 Å². The molecule has 0 heterocycles. The molecule has 19 heavy (non-hydrogen) atoms. The second-order valence-electron chi connectivity index (χ2n) is 4.60. The molecule has 1 aromatic carbocycles. The molecule has 0 aliphatic heterocycles. The summed E-state index contributed by atoms with van der Waals surface area (Å²) in [5.74, 6) is -0.130. The average molecular weight is 266 g/mol. The summed E-state index contributed by atoms with van der Waals surface area (Å²) in [5.41, 5.74) is 1.67. The van der Waals surface area contributed by atoms with E-state index in [1.54, 1.807) is 12.1 Å². The average Bonchev–Trinajstić information content (AvgIpc) is 2.39. The number of anilines is 1. The Morgan fingerprint density at radius 2 is 2.00 bits per heavy atom. The lowest BCUT2D eigenvalue weighted by Gasteiger charge is -2.13. The van der Waals surface area contributed by atoms with Crippen molar-refractivity contribution in [2.75, 3.05) is 39.3 Å². The van der Waals surface area contributed by atoms with Gasteiger partial charge in [-0.05, 0) is 30.7 Å². The van der Waals surface area contributed by atoms with Crippen molar-refractivity contribution in [3.05, 3.63) is 29.8 Å². The van der Waals surface area contributed by atoms with Gasteiger partial charge < -0.3 is 20.1 Å². The third-order valence-electron chi connectivity index (χ3n) is 2.77. The fraction of sp³-hybridized carbons (Fsp3) is 0.500. The highest BCUT2D eigenvalue weighted by Crippen LogP contribution is 2.12. The highest BCUT2D eigenvalue weighted by atomic mass is 16.5. The highest BCUT2D eigenvalue weighted by molar-refractivity contribution is 5.94. The number of aliphatic hydroxyl groups is 1. The first-order valence-corrected chi connectivity index (χ1v) is 6.27. The summed E-state index contributed by atoms with van der Waals surface area (Å²) in [4.78, 5) is 13.8. The van der Waals surface area contributed by atoms with Gasteiger partial charge in [-0.1, -0.05) is 0 Å². The maximum atomic E-state index is 11.8. The largest absolute Gasteiger partial charge is 0.391 e. The Hall–Kier alpha value is -1.59.